The van der Waals surface area contributed by atoms with Crippen LogP contribution < -0.4 is 0 Å². The minimum absolute atomic E-state index is 0.00667. The Kier molecular flexibility index (Phi) is 3.96. The molecular formula is C15H21N5O2. The highest BCUT2D eigenvalue weighted by Gasteiger charge is 2.35. The quantitative estimate of drug-likeness (QED) is 0.864. The molecule has 0 spiro atoms. The molecule has 1 aliphatic heterocycles. The van der Waals surface area contributed by atoms with Gasteiger partial charge < -0.3 is 9.42 Å². The fourth-order valence-electron chi connectivity index (χ4n) is 2.93. The van der Waals surface area contributed by atoms with Crippen LogP contribution in [0.25, 0.3) is 0 Å². The number of nitrogens with zero attached hydrogens (tertiary/aromatic N) is 5. The molecule has 0 aromatic carbocycles. The Bertz CT molecular complexity index is 675. The zero-order valence-electron chi connectivity index (χ0n) is 13.2. The van der Waals surface area contributed by atoms with Gasteiger partial charge in [0.2, 0.25) is 5.89 Å². The molecule has 1 aliphatic rings. The first kappa shape index (κ1) is 14.7. The highest BCUT2D eigenvalue weighted by molar-refractivity contribution is 5.93. The van der Waals surface area contributed by atoms with Crippen molar-refractivity contribution in [3.8, 4) is 0 Å². The van der Waals surface area contributed by atoms with Crippen LogP contribution >= 0.6 is 0 Å². The molecule has 0 bridgehead atoms. The van der Waals surface area contributed by atoms with Crippen LogP contribution in [0, 0.1) is 6.92 Å². The molecule has 0 unspecified atom stereocenters. The van der Waals surface area contributed by atoms with Crippen LogP contribution in [0.2, 0.25) is 0 Å². The molecule has 1 atom stereocenters. The van der Waals surface area contributed by atoms with Crippen molar-refractivity contribution in [2.24, 2.45) is 0 Å². The van der Waals surface area contributed by atoms with E-state index in [1.165, 1.54) is 0 Å². The number of aromatic nitrogens is 4. The van der Waals surface area contributed by atoms with E-state index in [4.69, 9.17) is 4.52 Å². The number of amides is 1. The number of hydrogen-bond acceptors (Lipinski definition) is 5. The largest absolute Gasteiger partial charge is 0.339 e. The van der Waals surface area contributed by atoms with Gasteiger partial charge in [0, 0.05) is 19.5 Å². The summed E-state index contributed by atoms with van der Waals surface area (Å²) in [7, 11) is 0. The molecule has 0 radical (unpaired) electrons. The van der Waals surface area contributed by atoms with Crippen molar-refractivity contribution in [2.45, 2.75) is 52.6 Å². The monoisotopic (exact) mass is 303 g/mol. The van der Waals surface area contributed by atoms with Crippen molar-refractivity contribution in [3.05, 3.63) is 29.2 Å². The van der Waals surface area contributed by atoms with Gasteiger partial charge in [0.15, 0.2) is 5.82 Å². The molecule has 22 heavy (non-hydrogen) atoms. The van der Waals surface area contributed by atoms with E-state index in [2.05, 4.69) is 15.2 Å². The number of carbonyl (C=O) groups is 1. The zero-order valence-corrected chi connectivity index (χ0v) is 13.2. The zero-order chi connectivity index (χ0) is 15.7. The van der Waals surface area contributed by atoms with Gasteiger partial charge >= 0.3 is 0 Å². The second kappa shape index (κ2) is 5.90. The molecule has 1 saturated heterocycles. The SMILES string of the molecule is CCc1nc([C@H]2CCCN2C(=O)c2cc(C)nn2CC)no1. The van der Waals surface area contributed by atoms with Crippen molar-refractivity contribution < 1.29 is 9.32 Å². The first-order valence-electron chi connectivity index (χ1n) is 7.82. The summed E-state index contributed by atoms with van der Waals surface area (Å²) in [5, 5.41) is 8.40. The van der Waals surface area contributed by atoms with E-state index in [1.54, 1.807) is 4.68 Å². The molecule has 2 aromatic heterocycles. The standard InChI is InChI=1S/C15H21N5O2/c1-4-13-16-14(18-22-13)11-7-6-8-19(11)15(21)12-9-10(3)17-20(12)5-2/h9,11H,4-8H2,1-3H3/t11-/m1/s1. The Morgan fingerprint density at radius 3 is 2.95 bits per heavy atom. The molecule has 7 nitrogen and oxygen atoms in total. The third-order valence-electron chi connectivity index (χ3n) is 4.02. The van der Waals surface area contributed by atoms with Crippen LogP contribution in [-0.4, -0.2) is 37.3 Å². The van der Waals surface area contributed by atoms with Gasteiger partial charge in [-0.15, -0.1) is 0 Å². The van der Waals surface area contributed by atoms with Crippen molar-refractivity contribution in [1.29, 1.82) is 0 Å². The maximum Gasteiger partial charge on any atom is 0.272 e. The van der Waals surface area contributed by atoms with E-state index < -0.39 is 0 Å². The van der Waals surface area contributed by atoms with Crippen molar-refractivity contribution in [1.82, 2.24) is 24.8 Å². The van der Waals surface area contributed by atoms with Gasteiger partial charge in [0.1, 0.15) is 5.69 Å². The van der Waals surface area contributed by atoms with Gasteiger partial charge in [-0.2, -0.15) is 10.1 Å². The third-order valence-corrected chi connectivity index (χ3v) is 4.02. The fraction of sp³-hybridized carbons (Fsp3) is 0.600. The van der Waals surface area contributed by atoms with Crippen LogP contribution in [0.3, 0.4) is 0 Å². The molecule has 1 amide bonds. The van der Waals surface area contributed by atoms with Crippen LogP contribution in [0.1, 0.15) is 60.6 Å². The van der Waals surface area contributed by atoms with Crippen LogP contribution in [-0.2, 0) is 13.0 Å². The van der Waals surface area contributed by atoms with Gasteiger partial charge in [0.25, 0.3) is 5.91 Å². The molecule has 1 fully saturated rings. The predicted molar refractivity (Wildman–Crippen MR) is 79.3 cm³/mol. The van der Waals surface area contributed by atoms with E-state index in [9.17, 15) is 4.79 Å². The summed E-state index contributed by atoms with van der Waals surface area (Å²) in [6.07, 6.45) is 2.52. The normalized spacial score (nSPS) is 18.1. The molecule has 2 aromatic rings. The van der Waals surface area contributed by atoms with E-state index in [0.717, 1.165) is 18.5 Å². The molecule has 7 heteroatoms. The van der Waals surface area contributed by atoms with Gasteiger partial charge in [-0.25, -0.2) is 0 Å². The average Bonchev–Trinajstić information content (AvgIpc) is 3.24. The highest BCUT2D eigenvalue weighted by atomic mass is 16.5. The summed E-state index contributed by atoms with van der Waals surface area (Å²) in [6.45, 7) is 7.25. The van der Waals surface area contributed by atoms with E-state index in [-0.39, 0.29) is 11.9 Å². The minimum Gasteiger partial charge on any atom is -0.339 e. The number of rotatable bonds is 4. The molecule has 3 rings (SSSR count). The Labute approximate surface area is 129 Å². The predicted octanol–water partition coefficient (Wildman–Crippen LogP) is 2.13. The van der Waals surface area contributed by atoms with Crippen LogP contribution in [0.4, 0.5) is 0 Å². The summed E-state index contributed by atoms with van der Waals surface area (Å²) in [5.74, 6) is 1.22. The molecular weight excluding hydrogens is 282 g/mol. The topological polar surface area (TPSA) is 77.1 Å². The first-order chi connectivity index (χ1) is 10.6. The summed E-state index contributed by atoms with van der Waals surface area (Å²) < 4.78 is 6.94. The van der Waals surface area contributed by atoms with Gasteiger partial charge in [0.05, 0.1) is 11.7 Å². The molecule has 3 heterocycles. The van der Waals surface area contributed by atoms with Crippen molar-refractivity contribution >= 4 is 5.91 Å². The Balaban J connectivity index is 1.87. The summed E-state index contributed by atoms with van der Waals surface area (Å²) in [5.41, 5.74) is 1.49. The lowest BCUT2D eigenvalue weighted by atomic mass is 10.2. The number of aryl methyl sites for hydroxylation is 3. The highest BCUT2D eigenvalue weighted by Crippen LogP contribution is 2.31. The minimum atomic E-state index is -0.0999. The van der Waals surface area contributed by atoms with E-state index >= 15 is 0 Å². The smallest absolute Gasteiger partial charge is 0.272 e. The average molecular weight is 303 g/mol. The van der Waals surface area contributed by atoms with Crippen molar-refractivity contribution in [3.63, 3.8) is 0 Å². The maximum absolute atomic E-state index is 12.9. The number of carbonyl (C=O) groups excluding carboxylic acids is 1. The fourth-order valence-corrected chi connectivity index (χ4v) is 2.93. The molecule has 0 N–H and O–H groups in total. The summed E-state index contributed by atoms with van der Waals surface area (Å²) in [6, 6.07) is 1.74. The molecule has 118 valence electrons. The Morgan fingerprint density at radius 1 is 1.45 bits per heavy atom. The van der Waals surface area contributed by atoms with E-state index in [1.807, 2.05) is 31.7 Å². The Morgan fingerprint density at radius 2 is 2.27 bits per heavy atom. The van der Waals surface area contributed by atoms with E-state index in [0.29, 0.717) is 36.9 Å². The van der Waals surface area contributed by atoms with Gasteiger partial charge in [-0.1, -0.05) is 12.1 Å². The maximum atomic E-state index is 12.9. The second-order valence-electron chi connectivity index (χ2n) is 5.54. The van der Waals surface area contributed by atoms with Crippen molar-refractivity contribution in [2.75, 3.05) is 6.54 Å². The second-order valence-corrected chi connectivity index (χ2v) is 5.54. The third kappa shape index (κ3) is 2.51. The van der Waals surface area contributed by atoms with Crippen LogP contribution in [0.5, 0.6) is 0 Å². The Hall–Kier alpha value is -2.18. The molecule has 0 saturated carbocycles. The number of hydrogen-bond donors (Lipinski definition) is 0. The van der Waals surface area contributed by atoms with Gasteiger partial charge in [-0.05, 0) is 32.8 Å². The lowest BCUT2D eigenvalue weighted by Crippen LogP contribution is -2.32. The first-order valence-corrected chi connectivity index (χ1v) is 7.82. The summed E-state index contributed by atoms with van der Waals surface area (Å²) >= 11 is 0. The lowest BCUT2D eigenvalue weighted by Gasteiger charge is -2.22. The van der Waals surface area contributed by atoms with Gasteiger partial charge in [-0.3, -0.25) is 9.48 Å². The van der Waals surface area contributed by atoms with Crippen LogP contribution in [0.15, 0.2) is 10.6 Å². The number of likely N-dealkylation sites (tertiary alicyclic amines) is 1. The summed E-state index contributed by atoms with van der Waals surface area (Å²) in [4.78, 5) is 19.1. The molecule has 0 aliphatic carbocycles. The lowest BCUT2D eigenvalue weighted by molar-refractivity contribution is 0.0715.